The van der Waals surface area contributed by atoms with Crippen molar-refractivity contribution in [1.29, 1.82) is 0 Å². The molecule has 3 N–H and O–H groups in total. The summed E-state index contributed by atoms with van der Waals surface area (Å²) in [4.78, 5) is 5.01. The third-order valence-electron chi connectivity index (χ3n) is 3.69. The Morgan fingerprint density at radius 3 is 2.38 bits per heavy atom. The molecular formula is C23H28N2O3S. The highest BCUT2D eigenvalue weighted by atomic mass is 32.1. The van der Waals surface area contributed by atoms with Gasteiger partial charge in [0.15, 0.2) is 0 Å². The summed E-state index contributed by atoms with van der Waals surface area (Å²) in [6, 6.07) is 18.2. The van der Waals surface area contributed by atoms with Crippen molar-refractivity contribution in [3.63, 3.8) is 0 Å². The van der Waals surface area contributed by atoms with E-state index in [0.29, 0.717) is 0 Å². The number of hydrogen-bond donors (Lipinski definition) is 4. The summed E-state index contributed by atoms with van der Waals surface area (Å²) in [5.74, 6) is 1.51. The van der Waals surface area contributed by atoms with Crippen LogP contribution in [0.1, 0.15) is 16.7 Å². The molecule has 3 aromatic rings. The van der Waals surface area contributed by atoms with Crippen LogP contribution in [0.2, 0.25) is 0 Å². The van der Waals surface area contributed by atoms with Gasteiger partial charge in [0.1, 0.15) is 11.5 Å². The van der Waals surface area contributed by atoms with E-state index >= 15 is 0 Å². The van der Waals surface area contributed by atoms with Gasteiger partial charge >= 0.3 is 0 Å². The van der Waals surface area contributed by atoms with Crippen molar-refractivity contribution < 1.29 is 14.9 Å². The van der Waals surface area contributed by atoms with Crippen LogP contribution in [-0.2, 0) is 13.1 Å². The third kappa shape index (κ3) is 9.30. The molecule has 0 bridgehead atoms. The second-order valence-electron chi connectivity index (χ2n) is 5.85. The molecule has 0 spiro atoms. The lowest BCUT2D eigenvalue weighted by molar-refractivity contribution is 0.399. The minimum atomic E-state index is 0.725. The minimum absolute atomic E-state index is 0.725. The van der Waals surface area contributed by atoms with Gasteiger partial charge in [-0.3, -0.25) is 4.98 Å². The normalized spacial score (nSPS) is 9.38. The highest BCUT2D eigenvalue weighted by Gasteiger charge is 2.04. The number of aryl methyl sites for hydroxylation is 1. The fourth-order valence-corrected chi connectivity index (χ4v) is 2.58. The van der Waals surface area contributed by atoms with Crippen molar-refractivity contribution in [2.45, 2.75) is 24.9 Å². The average molecular weight is 413 g/mol. The maximum absolute atomic E-state index is 7.33. The van der Waals surface area contributed by atoms with Gasteiger partial charge in [-0.25, -0.2) is 0 Å². The lowest BCUT2D eigenvalue weighted by Crippen LogP contribution is -2.13. The van der Waals surface area contributed by atoms with Crippen LogP contribution in [0.25, 0.3) is 0 Å². The van der Waals surface area contributed by atoms with Crippen molar-refractivity contribution in [3.05, 3.63) is 96.5 Å². The zero-order valence-electron chi connectivity index (χ0n) is 16.7. The molecule has 0 unspecified atom stereocenters. The van der Waals surface area contributed by atoms with Gasteiger partial charge < -0.3 is 20.3 Å². The standard InChI is InChI=1S/C20H20N2OS.C2H4O.CH4O/c1-15-4-6-16(7-5-15)12-22-13-17-11-18(8-9-20(17)24)23-19-3-2-10-21-14-19;1-2-3;1-2/h2-11,14,22,24H,12-13H2,1H3;2-3H,1H2;2H,1H3. The van der Waals surface area contributed by atoms with Crippen molar-refractivity contribution in [3.8, 4) is 11.5 Å². The summed E-state index contributed by atoms with van der Waals surface area (Å²) in [5.41, 5.74) is 3.65. The molecule has 0 radical (unpaired) electrons. The maximum atomic E-state index is 7.33. The molecule has 0 saturated heterocycles. The Kier molecular flexibility index (Phi) is 11.9. The fraction of sp³-hybridized carbons (Fsp3) is 0.174. The maximum Gasteiger partial charge on any atom is 0.145 e. The Morgan fingerprint density at radius 1 is 1.07 bits per heavy atom. The van der Waals surface area contributed by atoms with E-state index in [9.17, 15) is 0 Å². The van der Waals surface area contributed by atoms with Gasteiger partial charge in [-0.1, -0.05) is 36.4 Å². The van der Waals surface area contributed by atoms with E-state index in [1.807, 2.05) is 30.3 Å². The summed E-state index contributed by atoms with van der Waals surface area (Å²) in [5, 5.41) is 17.8. The second kappa shape index (κ2) is 14.2. The van der Waals surface area contributed by atoms with Crippen molar-refractivity contribution in [2.24, 2.45) is 0 Å². The number of aromatic nitrogens is 1. The van der Waals surface area contributed by atoms with Gasteiger partial charge in [0.25, 0.3) is 0 Å². The number of nitrogens with zero attached hydrogens (tertiary/aromatic N) is 1. The lowest BCUT2D eigenvalue weighted by atomic mass is 10.1. The van der Waals surface area contributed by atoms with E-state index in [1.54, 1.807) is 12.4 Å². The molecule has 0 amide bonds. The van der Waals surface area contributed by atoms with Crippen LogP contribution in [0, 0.1) is 6.92 Å². The first-order valence-corrected chi connectivity index (χ1v) is 9.43. The summed E-state index contributed by atoms with van der Waals surface area (Å²) < 4.78 is 5.83. The molecule has 3 rings (SSSR count). The number of aliphatic hydroxyl groups is 2. The number of rotatable bonds is 6. The highest BCUT2D eigenvalue weighted by molar-refractivity contribution is 7.80. The molecule has 29 heavy (non-hydrogen) atoms. The molecule has 1 aromatic heterocycles. The molecule has 5 nitrogen and oxygen atoms in total. The second-order valence-corrected chi connectivity index (χ2v) is 6.33. The number of pyridine rings is 1. The first-order chi connectivity index (χ1) is 14.1. The van der Waals surface area contributed by atoms with Crippen LogP contribution in [0.5, 0.6) is 11.5 Å². The van der Waals surface area contributed by atoms with Crippen molar-refractivity contribution >= 4 is 12.6 Å². The van der Waals surface area contributed by atoms with E-state index < -0.39 is 0 Å². The van der Waals surface area contributed by atoms with E-state index in [1.165, 1.54) is 11.1 Å². The topological polar surface area (TPSA) is 74.6 Å². The zero-order valence-corrected chi connectivity index (χ0v) is 17.6. The van der Waals surface area contributed by atoms with Crippen LogP contribution < -0.4 is 10.1 Å². The summed E-state index contributed by atoms with van der Waals surface area (Å²) in [6.07, 6.45) is 4.17. The fourth-order valence-electron chi connectivity index (χ4n) is 2.36. The molecule has 2 aromatic carbocycles. The van der Waals surface area contributed by atoms with Gasteiger partial charge in [-0.15, -0.1) is 12.6 Å². The molecule has 0 fully saturated rings. The van der Waals surface area contributed by atoms with Gasteiger partial charge in [0.2, 0.25) is 0 Å². The van der Waals surface area contributed by atoms with Gasteiger partial charge in [-0.2, -0.15) is 0 Å². The van der Waals surface area contributed by atoms with Crippen LogP contribution >= 0.6 is 12.6 Å². The van der Waals surface area contributed by atoms with Crippen LogP contribution in [0.4, 0.5) is 0 Å². The Morgan fingerprint density at radius 2 is 1.76 bits per heavy atom. The predicted octanol–water partition coefficient (Wildman–Crippen LogP) is 5.06. The molecule has 1 heterocycles. The number of hydrogen-bond acceptors (Lipinski definition) is 6. The number of ether oxygens (including phenoxy) is 1. The van der Waals surface area contributed by atoms with Crippen molar-refractivity contribution in [2.75, 3.05) is 7.11 Å². The van der Waals surface area contributed by atoms with E-state index in [2.05, 4.69) is 60.7 Å². The van der Waals surface area contributed by atoms with Gasteiger partial charge in [0.05, 0.1) is 12.5 Å². The smallest absolute Gasteiger partial charge is 0.145 e. The minimum Gasteiger partial charge on any atom is -0.516 e. The first-order valence-electron chi connectivity index (χ1n) is 8.98. The molecule has 154 valence electrons. The Bertz CT molecular complexity index is 841. The van der Waals surface area contributed by atoms with Crippen LogP contribution in [0.15, 0.2) is 84.7 Å². The molecule has 0 aliphatic carbocycles. The Labute approximate surface area is 178 Å². The van der Waals surface area contributed by atoms with Gasteiger partial charge in [-0.05, 0) is 48.4 Å². The number of nitrogens with one attached hydrogen (secondary N) is 1. The number of benzene rings is 2. The highest BCUT2D eigenvalue weighted by Crippen LogP contribution is 2.25. The summed E-state index contributed by atoms with van der Waals surface area (Å²) in [7, 11) is 1.00. The Hall–Kier alpha value is -2.80. The SMILES string of the molecule is C=CO.CO.Cc1ccc(CNCc2cc(Oc3cccnc3)ccc2S)cc1. The van der Waals surface area contributed by atoms with Gasteiger partial charge in [0, 0.05) is 31.3 Å². The monoisotopic (exact) mass is 412 g/mol. The average Bonchev–Trinajstić information content (AvgIpc) is 2.74. The number of thiol groups is 1. The lowest BCUT2D eigenvalue weighted by Gasteiger charge is -2.11. The van der Waals surface area contributed by atoms with Crippen LogP contribution in [-0.4, -0.2) is 22.3 Å². The van der Waals surface area contributed by atoms with Crippen molar-refractivity contribution in [1.82, 2.24) is 10.3 Å². The van der Waals surface area contributed by atoms with E-state index in [4.69, 9.17) is 14.9 Å². The zero-order chi connectivity index (χ0) is 21.5. The molecule has 0 atom stereocenters. The largest absolute Gasteiger partial charge is 0.516 e. The summed E-state index contributed by atoms with van der Waals surface area (Å²) >= 11 is 4.54. The summed E-state index contributed by atoms with van der Waals surface area (Å²) in [6.45, 7) is 6.57. The molecular weight excluding hydrogens is 384 g/mol. The molecule has 0 aliphatic heterocycles. The first kappa shape index (κ1) is 24.2. The molecule has 6 heteroatoms. The van der Waals surface area contributed by atoms with E-state index in [-0.39, 0.29) is 0 Å². The quantitative estimate of drug-likeness (QED) is 0.336. The van der Waals surface area contributed by atoms with Crippen LogP contribution in [0.3, 0.4) is 0 Å². The predicted molar refractivity (Wildman–Crippen MR) is 121 cm³/mol. The molecule has 0 aliphatic rings. The Balaban J connectivity index is 0.000000771. The third-order valence-corrected chi connectivity index (χ3v) is 4.12. The molecule has 0 saturated carbocycles. The number of aliphatic hydroxyl groups excluding tert-OH is 2. The van der Waals surface area contributed by atoms with E-state index in [0.717, 1.165) is 48.4 Å².